The standard InChI is InChI=1S/C25H24FN3O8/c1-29-7-11-16(26)10-5-8-4-9-6-12(30)15(22(27)35)21(34)25(9,37)20(33)13(8)18(31)14(10)19(32)17(11)28-23(36)24(29)2-3-24/h8-9,31-32,34,37H,2-7H2,1H3,(H2,27,35)(H,28,36)/t8-,9+,25+/m1/s1. The summed E-state index contributed by atoms with van der Waals surface area (Å²) in [4.78, 5) is 52.3. The summed E-state index contributed by atoms with van der Waals surface area (Å²) < 4.78 is 16.0. The highest BCUT2D eigenvalue weighted by atomic mass is 19.1. The minimum absolute atomic E-state index is 0.0209. The molecule has 0 aromatic heterocycles. The Labute approximate surface area is 209 Å². The van der Waals surface area contributed by atoms with Gasteiger partial charge in [0.25, 0.3) is 5.91 Å². The number of carbonyl (C=O) groups excluding carboxylic acids is 4. The number of Topliss-reactive ketones (excluding diaryl/α,β-unsaturated/α-hetero) is 2. The zero-order valence-electron chi connectivity index (χ0n) is 19.7. The number of amides is 2. The van der Waals surface area contributed by atoms with Crippen LogP contribution in [0.15, 0.2) is 16.9 Å². The molecule has 1 heterocycles. The van der Waals surface area contributed by atoms with Gasteiger partial charge in [0.05, 0.1) is 11.3 Å². The van der Waals surface area contributed by atoms with E-state index < -0.39 is 87.0 Å². The molecular weight excluding hydrogens is 489 g/mol. The van der Waals surface area contributed by atoms with Gasteiger partial charge in [-0.1, -0.05) is 0 Å². The van der Waals surface area contributed by atoms with E-state index in [2.05, 4.69) is 5.32 Å². The number of aromatic hydroxyl groups is 1. The summed E-state index contributed by atoms with van der Waals surface area (Å²) in [6.07, 6.45) is 0.434. The molecule has 0 bridgehead atoms. The molecule has 3 atom stereocenters. The Hall–Kier alpha value is -3.77. The van der Waals surface area contributed by atoms with E-state index in [0.29, 0.717) is 12.8 Å². The van der Waals surface area contributed by atoms with Crippen molar-refractivity contribution in [2.24, 2.45) is 17.6 Å². The number of aliphatic hydroxyl groups is 3. The number of nitrogens with one attached hydrogen (secondary N) is 1. The molecule has 1 spiro atoms. The normalized spacial score (nSPS) is 30.3. The van der Waals surface area contributed by atoms with Crippen molar-refractivity contribution in [1.82, 2.24) is 4.90 Å². The zero-order chi connectivity index (χ0) is 26.8. The molecule has 11 nitrogen and oxygen atoms in total. The average Bonchev–Trinajstić information content (AvgIpc) is 3.64. The molecule has 1 aliphatic heterocycles. The lowest BCUT2D eigenvalue weighted by Crippen LogP contribution is -2.58. The summed E-state index contributed by atoms with van der Waals surface area (Å²) in [5.74, 6) is -9.07. The van der Waals surface area contributed by atoms with Crippen LogP contribution in [0.5, 0.6) is 5.75 Å². The first-order chi connectivity index (χ1) is 17.3. The van der Waals surface area contributed by atoms with Crippen LogP contribution in [0, 0.1) is 17.7 Å². The number of nitrogens with zero attached hydrogens (tertiary/aromatic N) is 1. The van der Waals surface area contributed by atoms with Crippen molar-refractivity contribution in [3.63, 3.8) is 0 Å². The van der Waals surface area contributed by atoms with Gasteiger partial charge in [-0.25, -0.2) is 4.39 Å². The maximum Gasteiger partial charge on any atom is 0.255 e. The average molecular weight is 513 g/mol. The molecule has 0 radical (unpaired) electrons. The largest absolute Gasteiger partial charge is 0.508 e. The van der Waals surface area contributed by atoms with E-state index in [1.54, 1.807) is 11.9 Å². The molecule has 2 amide bonds. The van der Waals surface area contributed by atoms with Gasteiger partial charge in [-0.3, -0.25) is 24.1 Å². The number of likely N-dealkylation sites (N-methyl/N-ethyl adjacent to an activating group) is 1. The highest BCUT2D eigenvalue weighted by molar-refractivity contribution is 6.22. The lowest BCUT2D eigenvalue weighted by Gasteiger charge is -2.46. The first-order valence-electron chi connectivity index (χ1n) is 11.9. The second-order valence-corrected chi connectivity index (χ2v) is 10.6. The van der Waals surface area contributed by atoms with Gasteiger partial charge in [-0.2, -0.15) is 0 Å². The predicted octanol–water partition coefficient (Wildman–Crippen LogP) is 0.480. The van der Waals surface area contributed by atoms with Crippen LogP contribution in [0.3, 0.4) is 0 Å². The zero-order valence-corrected chi connectivity index (χ0v) is 19.7. The number of nitrogens with two attached hydrogens (primary N) is 1. The number of benzene rings is 1. The molecule has 5 aliphatic rings. The van der Waals surface area contributed by atoms with Gasteiger partial charge in [0.2, 0.25) is 11.7 Å². The highest BCUT2D eigenvalue weighted by Crippen LogP contribution is 2.55. The SMILES string of the molecule is CN1Cc2c(F)c3c(c(O)c2NC(=O)C12CC2)C(O)=C1C(=O)[C@]2(O)C(O)=C(C(N)=O)C(=O)C[C@@H]2C[C@@H]1C3. The van der Waals surface area contributed by atoms with Crippen molar-refractivity contribution in [2.45, 2.75) is 49.8 Å². The van der Waals surface area contributed by atoms with Crippen LogP contribution in [-0.2, 0) is 32.1 Å². The maximum atomic E-state index is 16.0. The van der Waals surface area contributed by atoms with E-state index in [0.717, 1.165) is 0 Å². The number of phenolic OH excluding ortho intramolecular Hbond substituents is 1. The fourth-order valence-electron chi connectivity index (χ4n) is 6.57. The van der Waals surface area contributed by atoms with Crippen LogP contribution in [-0.4, -0.2) is 66.9 Å². The van der Waals surface area contributed by atoms with Crippen molar-refractivity contribution in [2.75, 3.05) is 12.4 Å². The monoisotopic (exact) mass is 513 g/mol. The summed E-state index contributed by atoms with van der Waals surface area (Å²) in [7, 11) is 1.69. The molecular formula is C25H24FN3O8. The van der Waals surface area contributed by atoms with Crippen LogP contribution in [0.1, 0.15) is 42.4 Å². The summed E-state index contributed by atoms with van der Waals surface area (Å²) in [5.41, 5.74) is -0.201. The van der Waals surface area contributed by atoms with Crippen LogP contribution >= 0.6 is 0 Å². The minimum atomic E-state index is -2.70. The number of halogens is 1. The number of primary amides is 1. The summed E-state index contributed by atoms with van der Waals surface area (Å²) in [5, 5.41) is 46.8. The Kier molecular flexibility index (Phi) is 4.57. The number of rotatable bonds is 1. The van der Waals surface area contributed by atoms with Gasteiger partial charge in [0.15, 0.2) is 17.1 Å². The third-order valence-electron chi connectivity index (χ3n) is 8.77. The molecule has 7 N–H and O–H groups in total. The quantitative estimate of drug-likeness (QED) is 0.229. The smallest absolute Gasteiger partial charge is 0.255 e. The third-order valence-corrected chi connectivity index (χ3v) is 8.77. The summed E-state index contributed by atoms with van der Waals surface area (Å²) in [6.45, 7) is 0.0209. The first-order valence-corrected chi connectivity index (χ1v) is 11.9. The van der Waals surface area contributed by atoms with Gasteiger partial charge in [-0.15, -0.1) is 0 Å². The van der Waals surface area contributed by atoms with E-state index in [-0.39, 0.29) is 41.8 Å². The van der Waals surface area contributed by atoms with Crippen molar-refractivity contribution < 1.29 is 44.0 Å². The molecule has 0 saturated heterocycles. The van der Waals surface area contributed by atoms with Crippen molar-refractivity contribution >= 4 is 34.8 Å². The molecule has 6 rings (SSSR count). The molecule has 4 aliphatic carbocycles. The third kappa shape index (κ3) is 2.76. The molecule has 0 unspecified atom stereocenters. The van der Waals surface area contributed by atoms with Crippen molar-refractivity contribution in [3.05, 3.63) is 39.4 Å². The van der Waals surface area contributed by atoms with Crippen LogP contribution in [0.4, 0.5) is 10.1 Å². The van der Waals surface area contributed by atoms with E-state index >= 15 is 4.39 Å². The highest BCUT2D eigenvalue weighted by Gasteiger charge is 2.61. The van der Waals surface area contributed by atoms with E-state index in [1.165, 1.54) is 0 Å². The number of anilines is 1. The molecule has 2 fully saturated rings. The van der Waals surface area contributed by atoms with Gasteiger partial charge in [-0.05, 0) is 38.6 Å². The predicted molar refractivity (Wildman–Crippen MR) is 123 cm³/mol. The van der Waals surface area contributed by atoms with E-state index in [9.17, 15) is 39.6 Å². The lowest BCUT2D eigenvalue weighted by atomic mass is 9.59. The lowest BCUT2D eigenvalue weighted by molar-refractivity contribution is -0.147. The number of phenols is 1. The Morgan fingerprint density at radius 2 is 1.81 bits per heavy atom. The number of carbonyl (C=O) groups is 4. The Balaban J connectivity index is 1.53. The molecule has 2 saturated carbocycles. The van der Waals surface area contributed by atoms with Crippen LogP contribution in [0.25, 0.3) is 5.76 Å². The fourth-order valence-corrected chi connectivity index (χ4v) is 6.57. The summed E-state index contributed by atoms with van der Waals surface area (Å²) >= 11 is 0. The topological polar surface area (TPSA) is 190 Å². The Bertz CT molecular complexity index is 1440. The minimum Gasteiger partial charge on any atom is -0.508 e. The molecule has 194 valence electrons. The number of hydrogen-bond donors (Lipinski definition) is 6. The van der Waals surface area contributed by atoms with E-state index in [4.69, 9.17) is 5.73 Å². The number of fused-ring (bicyclic) bond motifs is 4. The molecule has 1 aromatic carbocycles. The van der Waals surface area contributed by atoms with Gasteiger partial charge in [0.1, 0.15) is 28.4 Å². The molecule has 12 heteroatoms. The maximum absolute atomic E-state index is 16.0. The van der Waals surface area contributed by atoms with E-state index in [1.807, 2.05) is 0 Å². The van der Waals surface area contributed by atoms with Gasteiger partial charge in [0, 0.05) is 35.6 Å². The van der Waals surface area contributed by atoms with Crippen LogP contribution < -0.4 is 11.1 Å². The summed E-state index contributed by atoms with van der Waals surface area (Å²) in [6, 6.07) is 0. The second-order valence-electron chi connectivity index (χ2n) is 10.6. The van der Waals surface area contributed by atoms with Crippen molar-refractivity contribution in [1.29, 1.82) is 0 Å². The Morgan fingerprint density at radius 1 is 1.14 bits per heavy atom. The fraction of sp³-hybridized carbons (Fsp3) is 0.440. The number of hydrogen-bond acceptors (Lipinski definition) is 9. The first kappa shape index (κ1) is 23.6. The van der Waals surface area contributed by atoms with Crippen molar-refractivity contribution in [3.8, 4) is 5.75 Å². The molecule has 1 aromatic rings. The number of ketones is 2. The Morgan fingerprint density at radius 3 is 2.43 bits per heavy atom. The van der Waals surface area contributed by atoms with Crippen LogP contribution in [0.2, 0.25) is 0 Å². The second kappa shape index (κ2) is 7.17. The van der Waals surface area contributed by atoms with Gasteiger partial charge >= 0.3 is 0 Å². The van der Waals surface area contributed by atoms with Gasteiger partial charge < -0.3 is 31.5 Å². The number of aliphatic hydroxyl groups excluding tert-OH is 2. The molecule has 37 heavy (non-hydrogen) atoms.